The standard InChI is InChI=1S/C26H29ClN4O2S/c1-16-17(2)31(20-10-7-9-19(27)15-20)18(3)23(16)25-24(21-11-5-6-13-28-21)29-26(34)30(25)14-8-12-22(32)33-4/h5-7,9-11,13,15,24-25H,8,12,14H2,1-4H3,(H,29,34)/t24-,25+/m1/s1. The fraction of sp³-hybridized carbons (Fsp3) is 0.346. The lowest BCUT2D eigenvalue weighted by Gasteiger charge is -2.29. The Morgan fingerprint density at radius 2 is 1.97 bits per heavy atom. The van der Waals surface area contributed by atoms with E-state index in [1.54, 1.807) is 6.20 Å². The van der Waals surface area contributed by atoms with Crippen molar-refractivity contribution >= 4 is 34.9 Å². The van der Waals surface area contributed by atoms with Gasteiger partial charge in [0.2, 0.25) is 0 Å². The maximum atomic E-state index is 11.7. The molecule has 1 N–H and O–H groups in total. The zero-order valence-electron chi connectivity index (χ0n) is 19.8. The number of esters is 1. The molecule has 6 nitrogen and oxygen atoms in total. The number of methoxy groups -OCH3 is 1. The molecule has 8 heteroatoms. The average Bonchev–Trinajstić information content (AvgIpc) is 3.26. The van der Waals surface area contributed by atoms with E-state index in [0.717, 1.165) is 22.8 Å². The van der Waals surface area contributed by atoms with Crippen LogP contribution < -0.4 is 5.32 Å². The van der Waals surface area contributed by atoms with Crippen molar-refractivity contribution < 1.29 is 9.53 Å². The molecule has 1 aliphatic heterocycles. The van der Waals surface area contributed by atoms with Crippen LogP contribution >= 0.6 is 23.8 Å². The van der Waals surface area contributed by atoms with Crippen molar-refractivity contribution in [3.05, 3.63) is 81.9 Å². The van der Waals surface area contributed by atoms with E-state index in [2.05, 4.69) is 46.6 Å². The molecule has 34 heavy (non-hydrogen) atoms. The van der Waals surface area contributed by atoms with Crippen LogP contribution in [0.5, 0.6) is 0 Å². The van der Waals surface area contributed by atoms with Crippen LogP contribution in [0.1, 0.15) is 53.1 Å². The molecule has 1 fully saturated rings. The van der Waals surface area contributed by atoms with Crippen LogP contribution in [0.25, 0.3) is 5.69 Å². The Labute approximate surface area is 210 Å². The number of carbonyl (C=O) groups excluding carboxylic acids is 1. The van der Waals surface area contributed by atoms with Gasteiger partial charge in [0.1, 0.15) is 0 Å². The molecule has 0 aliphatic carbocycles. The quantitative estimate of drug-likeness (QED) is 0.350. The molecule has 1 aromatic carbocycles. The van der Waals surface area contributed by atoms with E-state index in [-0.39, 0.29) is 18.1 Å². The van der Waals surface area contributed by atoms with E-state index in [9.17, 15) is 4.79 Å². The summed E-state index contributed by atoms with van der Waals surface area (Å²) in [5.41, 5.74) is 6.65. The summed E-state index contributed by atoms with van der Waals surface area (Å²) in [6.07, 6.45) is 2.79. The number of thiocarbonyl (C=S) groups is 1. The van der Waals surface area contributed by atoms with Gasteiger partial charge in [-0.2, -0.15) is 0 Å². The Kier molecular flexibility index (Phi) is 7.24. The molecular weight excluding hydrogens is 468 g/mol. The molecule has 1 aliphatic rings. The third-order valence-electron chi connectivity index (χ3n) is 6.57. The molecule has 0 saturated carbocycles. The fourth-order valence-electron chi connectivity index (χ4n) is 4.90. The van der Waals surface area contributed by atoms with E-state index in [0.29, 0.717) is 29.5 Å². The highest BCUT2D eigenvalue weighted by molar-refractivity contribution is 7.80. The van der Waals surface area contributed by atoms with Crippen LogP contribution in [0, 0.1) is 20.8 Å². The molecule has 2 aromatic heterocycles. The van der Waals surface area contributed by atoms with Gasteiger partial charge in [0.05, 0.1) is 24.9 Å². The van der Waals surface area contributed by atoms with Crippen LogP contribution in [0.3, 0.4) is 0 Å². The molecule has 2 atom stereocenters. The monoisotopic (exact) mass is 496 g/mol. The smallest absolute Gasteiger partial charge is 0.305 e. The van der Waals surface area contributed by atoms with Gasteiger partial charge in [-0.25, -0.2) is 0 Å². The van der Waals surface area contributed by atoms with Crippen molar-refractivity contribution in [1.82, 2.24) is 19.8 Å². The highest BCUT2D eigenvalue weighted by Gasteiger charge is 2.42. The Morgan fingerprint density at radius 1 is 1.18 bits per heavy atom. The second kappa shape index (κ2) is 10.2. The van der Waals surface area contributed by atoms with Crippen LogP contribution in [-0.2, 0) is 9.53 Å². The second-order valence-electron chi connectivity index (χ2n) is 8.52. The first-order valence-electron chi connectivity index (χ1n) is 11.3. The predicted molar refractivity (Wildman–Crippen MR) is 138 cm³/mol. The maximum absolute atomic E-state index is 11.7. The number of nitrogens with zero attached hydrogens (tertiary/aromatic N) is 3. The number of hydrogen-bond acceptors (Lipinski definition) is 4. The molecule has 0 bridgehead atoms. The first kappa shape index (κ1) is 24.2. The summed E-state index contributed by atoms with van der Waals surface area (Å²) in [5, 5.41) is 4.86. The third-order valence-corrected chi connectivity index (χ3v) is 7.16. The normalized spacial score (nSPS) is 17.7. The van der Waals surface area contributed by atoms with Crippen molar-refractivity contribution in [2.75, 3.05) is 13.7 Å². The summed E-state index contributed by atoms with van der Waals surface area (Å²) in [6.45, 7) is 7.06. The highest BCUT2D eigenvalue weighted by atomic mass is 35.5. The lowest BCUT2D eigenvalue weighted by atomic mass is 9.93. The largest absolute Gasteiger partial charge is 0.469 e. The number of halogens is 1. The molecule has 3 heterocycles. The molecule has 1 saturated heterocycles. The van der Waals surface area contributed by atoms with E-state index in [1.807, 2.05) is 36.4 Å². The molecule has 178 valence electrons. The van der Waals surface area contributed by atoms with Gasteiger partial charge in [-0.05, 0) is 75.3 Å². The number of benzene rings is 1. The van der Waals surface area contributed by atoms with Crippen LogP contribution in [0.4, 0.5) is 0 Å². The number of nitrogens with one attached hydrogen (secondary N) is 1. The SMILES string of the molecule is COC(=O)CCCN1C(=S)N[C@H](c2ccccn2)[C@@H]1c1c(C)c(C)n(-c2cccc(Cl)c2)c1C. The van der Waals surface area contributed by atoms with Gasteiger partial charge in [0.15, 0.2) is 5.11 Å². The van der Waals surface area contributed by atoms with Crippen molar-refractivity contribution in [2.45, 2.75) is 45.7 Å². The van der Waals surface area contributed by atoms with E-state index in [4.69, 9.17) is 28.6 Å². The van der Waals surface area contributed by atoms with Crippen LogP contribution in [0.2, 0.25) is 5.02 Å². The number of pyridine rings is 1. The van der Waals surface area contributed by atoms with Gasteiger partial charge in [0.25, 0.3) is 0 Å². The molecule has 3 aromatic rings. The number of ether oxygens (including phenoxy) is 1. The maximum Gasteiger partial charge on any atom is 0.305 e. The summed E-state index contributed by atoms with van der Waals surface area (Å²) in [4.78, 5) is 18.6. The van der Waals surface area contributed by atoms with E-state index >= 15 is 0 Å². The summed E-state index contributed by atoms with van der Waals surface area (Å²) < 4.78 is 7.08. The predicted octanol–water partition coefficient (Wildman–Crippen LogP) is 5.38. The minimum atomic E-state index is -0.216. The van der Waals surface area contributed by atoms with E-state index < -0.39 is 0 Å². The summed E-state index contributed by atoms with van der Waals surface area (Å²) in [7, 11) is 1.42. The minimum Gasteiger partial charge on any atom is -0.469 e. The third kappa shape index (κ3) is 4.55. The number of hydrogen-bond donors (Lipinski definition) is 1. The molecular formula is C26H29ClN4O2S. The van der Waals surface area contributed by atoms with Crippen molar-refractivity contribution in [2.24, 2.45) is 0 Å². The summed E-state index contributed by atoms with van der Waals surface area (Å²) in [6, 6.07) is 13.6. The van der Waals surface area contributed by atoms with Gasteiger partial charge in [0, 0.05) is 46.8 Å². The Hall–Kier alpha value is -2.90. The Morgan fingerprint density at radius 3 is 2.65 bits per heavy atom. The summed E-state index contributed by atoms with van der Waals surface area (Å²) >= 11 is 12.1. The Balaban J connectivity index is 1.80. The number of rotatable bonds is 7. The zero-order chi connectivity index (χ0) is 24.4. The zero-order valence-corrected chi connectivity index (χ0v) is 21.4. The highest BCUT2D eigenvalue weighted by Crippen LogP contribution is 2.43. The van der Waals surface area contributed by atoms with E-state index in [1.165, 1.54) is 18.2 Å². The second-order valence-corrected chi connectivity index (χ2v) is 9.35. The molecule has 0 radical (unpaired) electrons. The lowest BCUT2D eigenvalue weighted by Crippen LogP contribution is -2.31. The molecule has 4 rings (SSSR count). The lowest BCUT2D eigenvalue weighted by molar-refractivity contribution is -0.140. The van der Waals surface area contributed by atoms with Gasteiger partial charge < -0.3 is 19.5 Å². The van der Waals surface area contributed by atoms with Crippen molar-refractivity contribution in [1.29, 1.82) is 0 Å². The van der Waals surface area contributed by atoms with Gasteiger partial charge in [-0.3, -0.25) is 9.78 Å². The first-order valence-corrected chi connectivity index (χ1v) is 12.1. The van der Waals surface area contributed by atoms with Crippen LogP contribution in [-0.4, -0.2) is 39.2 Å². The molecule has 0 spiro atoms. The average molecular weight is 497 g/mol. The van der Waals surface area contributed by atoms with Gasteiger partial charge >= 0.3 is 5.97 Å². The van der Waals surface area contributed by atoms with Gasteiger partial charge in [-0.1, -0.05) is 23.7 Å². The minimum absolute atomic E-state index is 0.0702. The van der Waals surface area contributed by atoms with Crippen molar-refractivity contribution in [3.63, 3.8) is 0 Å². The molecule has 0 unspecified atom stereocenters. The number of aromatic nitrogens is 2. The molecule has 0 amide bonds. The van der Waals surface area contributed by atoms with Crippen LogP contribution in [0.15, 0.2) is 48.7 Å². The topological polar surface area (TPSA) is 59.4 Å². The summed E-state index contributed by atoms with van der Waals surface area (Å²) in [5.74, 6) is -0.216. The first-order chi connectivity index (χ1) is 16.3. The fourth-order valence-corrected chi connectivity index (χ4v) is 5.42. The number of carbonyl (C=O) groups is 1. The van der Waals surface area contributed by atoms with Crippen molar-refractivity contribution in [3.8, 4) is 5.69 Å². The van der Waals surface area contributed by atoms with Gasteiger partial charge in [-0.15, -0.1) is 0 Å². The Bertz CT molecular complexity index is 1210.